The monoisotopic (exact) mass is 386 g/mol. The fraction of sp³-hybridized carbons (Fsp3) is 0.500. The first-order valence-electron chi connectivity index (χ1n) is 11.2. The second-order valence-corrected chi connectivity index (χ2v) is 9.17. The number of nitrogens with zero attached hydrogens (tertiary/aromatic N) is 2. The van der Waals surface area contributed by atoms with Gasteiger partial charge in [-0.1, -0.05) is 30.7 Å². The van der Waals surface area contributed by atoms with Gasteiger partial charge in [0.15, 0.2) is 0 Å². The molecule has 2 saturated carbocycles. The van der Waals surface area contributed by atoms with E-state index in [0.717, 1.165) is 40.3 Å². The highest BCUT2D eigenvalue weighted by Gasteiger charge is 2.43. The third-order valence-corrected chi connectivity index (χ3v) is 7.73. The Bertz CT molecular complexity index is 923. The summed E-state index contributed by atoms with van der Waals surface area (Å²) in [5, 5.41) is 9.50. The maximum absolute atomic E-state index is 9.50. The number of likely N-dealkylation sites (tertiary alicyclic amines) is 1. The van der Waals surface area contributed by atoms with Crippen LogP contribution in [0.15, 0.2) is 42.5 Å². The van der Waals surface area contributed by atoms with Gasteiger partial charge in [0, 0.05) is 6.04 Å². The molecule has 3 aliphatic rings. The molecule has 3 fully saturated rings. The number of rotatable bonds is 4. The van der Waals surface area contributed by atoms with Crippen molar-refractivity contribution in [1.29, 1.82) is 5.26 Å². The average molecular weight is 387 g/mol. The van der Waals surface area contributed by atoms with Crippen LogP contribution in [0, 0.1) is 23.2 Å². The molecule has 0 aromatic heterocycles. The number of nitriles is 1. The Labute approximate surface area is 174 Å². The first-order valence-corrected chi connectivity index (χ1v) is 11.2. The van der Waals surface area contributed by atoms with Gasteiger partial charge in [-0.05, 0) is 97.8 Å². The van der Waals surface area contributed by atoms with E-state index < -0.39 is 0 Å². The summed E-state index contributed by atoms with van der Waals surface area (Å²) in [7, 11) is 1.77. The van der Waals surface area contributed by atoms with Crippen LogP contribution >= 0.6 is 0 Å². The zero-order valence-electron chi connectivity index (χ0n) is 17.3. The molecule has 3 nitrogen and oxygen atoms in total. The van der Waals surface area contributed by atoms with Crippen LogP contribution in [0.4, 0.5) is 0 Å². The average Bonchev–Trinajstić information content (AvgIpc) is 3.42. The summed E-state index contributed by atoms with van der Waals surface area (Å²) in [6.45, 7) is 2.42. The van der Waals surface area contributed by atoms with Crippen molar-refractivity contribution in [3.63, 3.8) is 0 Å². The topological polar surface area (TPSA) is 36.3 Å². The van der Waals surface area contributed by atoms with E-state index in [2.05, 4.69) is 29.2 Å². The summed E-state index contributed by atoms with van der Waals surface area (Å²) in [6.07, 6.45) is 8.27. The minimum atomic E-state index is 0.536. The van der Waals surface area contributed by atoms with Gasteiger partial charge < -0.3 is 9.64 Å². The van der Waals surface area contributed by atoms with Gasteiger partial charge in [0.05, 0.1) is 18.7 Å². The molecule has 2 aromatic carbocycles. The number of hydrogen-bond acceptors (Lipinski definition) is 3. The predicted molar refractivity (Wildman–Crippen MR) is 116 cm³/mol. The molecule has 150 valence electrons. The van der Waals surface area contributed by atoms with E-state index in [4.69, 9.17) is 4.74 Å². The van der Waals surface area contributed by atoms with Crippen molar-refractivity contribution in [2.45, 2.75) is 50.5 Å². The first kappa shape index (κ1) is 18.7. The van der Waals surface area contributed by atoms with E-state index >= 15 is 0 Å². The van der Waals surface area contributed by atoms with E-state index in [-0.39, 0.29) is 0 Å². The Hall–Kier alpha value is -2.31. The van der Waals surface area contributed by atoms with Gasteiger partial charge in [0.25, 0.3) is 0 Å². The molecular weight excluding hydrogens is 356 g/mol. The maximum Gasteiger partial charge on any atom is 0.122 e. The largest absolute Gasteiger partial charge is 0.496 e. The lowest BCUT2D eigenvalue weighted by Gasteiger charge is -2.40. The summed E-state index contributed by atoms with van der Waals surface area (Å²) < 4.78 is 5.73. The third-order valence-electron chi connectivity index (χ3n) is 7.73. The minimum absolute atomic E-state index is 0.536. The van der Waals surface area contributed by atoms with Crippen molar-refractivity contribution < 1.29 is 4.74 Å². The molecule has 3 heteroatoms. The molecule has 2 aromatic rings. The van der Waals surface area contributed by atoms with Crippen molar-refractivity contribution in [3.05, 3.63) is 53.6 Å². The molecule has 3 atom stereocenters. The summed E-state index contributed by atoms with van der Waals surface area (Å²) in [4.78, 5) is 2.79. The van der Waals surface area contributed by atoms with Crippen LogP contribution in [-0.4, -0.2) is 31.1 Å². The molecule has 2 aliphatic carbocycles. The lowest BCUT2D eigenvalue weighted by atomic mass is 9.85. The van der Waals surface area contributed by atoms with E-state index in [0.29, 0.717) is 5.92 Å². The van der Waals surface area contributed by atoms with Gasteiger partial charge in [-0.25, -0.2) is 0 Å². The molecule has 1 heterocycles. The summed E-state index contributed by atoms with van der Waals surface area (Å²) >= 11 is 0. The Morgan fingerprint density at radius 3 is 2.52 bits per heavy atom. The molecular formula is C26H30N2O. The smallest absolute Gasteiger partial charge is 0.122 e. The van der Waals surface area contributed by atoms with Crippen LogP contribution in [0.25, 0.3) is 11.1 Å². The van der Waals surface area contributed by atoms with E-state index in [1.165, 1.54) is 57.2 Å². The summed E-state index contributed by atoms with van der Waals surface area (Å²) in [5.74, 6) is 3.51. The normalized spacial score (nSPS) is 27.1. The van der Waals surface area contributed by atoms with Crippen molar-refractivity contribution in [2.24, 2.45) is 11.8 Å². The zero-order valence-corrected chi connectivity index (χ0v) is 17.3. The van der Waals surface area contributed by atoms with Gasteiger partial charge in [-0.3, -0.25) is 0 Å². The second kappa shape index (κ2) is 7.84. The molecule has 0 spiro atoms. The lowest BCUT2D eigenvalue weighted by Crippen LogP contribution is -2.43. The van der Waals surface area contributed by atoms with Gasteiger partial charge in [-0.15, -0.1) is 0 Å². The minimum Gasteiger partial charge on any atom is -0.496 e. The first-order chi connectivity index (χ1) is 14.3. The second-order valence-electron chi connectivity index (χ2n) is 9.17. The van der Waals surface area contributed by atoms with Gasteiger partial charge in [0.2, 0.25) is 0 Å². The van der Waals surface area contributed by atoms with E-state index in [1.807, 2.05) is 24.3 Å². The van der Waals surface area contributed by atoms with Gasteiger partial charge in [-0.2, -0.15) is 5.26 Å². The number of fused-ring (bicyclic) bond motifs is 2. The van der Waals surface area contributed by atoms with Crippen LogP contribution in [0.5, 0.6) is 5.75 Å². The van der Waals surface area contributed by atoms with Gasteiger partial charge >= 0.3 is 0 Å². The van der Waals surface area contributed by atoms with E-state index in [1.54, 1.807) is 7.11 Å². The maximum atomic E-state index is 9.50. The molecule has 0 unspecified atom stereocenters. The summed E-state index contributed by atoms with van der Waals surface area (Å²) in [5.41, 5.74) is 4.17. The van der Waals surface area contributed by atoms with Gasteiger partial charge in [0.1, 0.15) is 5.75 Å². The van der Waals surface area contributed by atoms with Crippen LogP contribution < -0.4 is 4.74 Å². The van der Waals surface area contributed by atoms with Crippen LogP contribution in [0.2, 0.25) is 0 Å². The van der Waals surface area contributed by atoms with Crippen LogP contribution in [0.1, 0.15) is 55.6 Å². The Morgan fingerprint density at radius 2 is 1.83 bits per heavy atom. The van der Waals surface area contributed by atoms with Crippen molar-refractivity contribution in [3.8, 4) is 22.9 Å². The molecule has 0 N–H and O–H groups in total. The molecule has 5 rings (SSSR count). The Kier molecular flexibility index (Phi) is 5.06. The molecule has 2 bridgehead atoms. The summed E-state index contributed by atoms with van der Waals surface area (Å²) in [6, 6.07) is 17.5. The fourth-order valence-electron chi connectivity index (χ4n) is 6.25. The molecule has 0 amide bonds. The van der Waals surface area contributed by atoms with Crippen molar-refractivity contribution in [1.82, 2.24) is 4.90 Å². The Morgan fingerprint density at radius 1 is 1.00 bits per heavy atom. The van der Waals surface area contributed by atoms with Crippen molar-refractivity contribution in [2.75, 3.05) is 20.2 Å². The highest BCUT2D eigenvalue weighted by atomic mass is 16.5. The van der Waals surface area contributed by atoms with E-state index in [9.17, 15) is 5.26 Å². The van der Waals surface area contributed by atoms with Crippen molar-refractivity contribution >= 4 is 0 Å². The lowest BCUT2D eigenvalue weighted by molar-refractivity contribution is 0.110. The fourth-order valence-corrected chi connectivity index (χ4v) is 6.25. The van der Waals surface area contributed by atoms with Crippen LogP contribution in [0.3, 0.4) is 0 Å². The number of hydrogen-bond donors (Lipinski definition) is 0. The standard InChI is InChI=1S/C26H30N2O/c1-29-26-9-8-20(23-5-3-2-4-22(23)17-27)16-24(26)19-10-12-28(13-11-19)25-15-18-6-7-21(25)14-18/h2-5,8-9,16,18-19,21,25H,6-7,10-15H2,1H3/t18-,21-,25+/m0/s1. The number of methoxy groups -OCH3 is 1. The molecule has 29 heavy (non-hydrogen) atoms. The number of piperidine rings is 1. The SMILES string of the molecule is COc1ccc(-c2ccccc2C#N)cc1C1CCN([C@@H]2C[C@H]3CC[C@H]2C3)CC1. The zero-order chi connectivity index (χ0) is 19.8. The molecule has 1 aliphatic heterocycles. The molecule has 0 radical (unpaired) electrons. The highest BCUT2D eigenvalue weighted by molar-refractivity contribution is 5.72. The number of benzene rings is 2. The Balaban J connectivity index is 1.36. The molecule has 1 saturated heterocycles. The number of ether oxygens (including phenoxy) is 1. The third kappa shape index (κ3) is 3.45. The predicted octanol–water partition coefficient (Wildman–Crippen LogP) is 5.60. The quantitative estimate of drug-likeness (QED) is 0.686. The van der Waals surface area contributed by atoms with Crippen LogP contribution in [-0.2, 0) is 0 Å². The highest BCUT2D eigenvalue weighted by Crippen LogP contribution is 2.48.